The van der Waals surface area contributed by atoms with Crippen LogP contribution in [0.5, 0.6) is 11.5 Å². The third kappa shape index (κ3) is 2.93. The average Bonchev–Trinajstić information content (AvgIpc) is 2.38. The lowest BCUT2D eigenvalue weighted by atomic mass is 10.2. The van der Waals surface area contributed by atoms with E-state index in [2.05, 4.69) is 0 Å². The summed E-state index contributed by atoms with van der Waals surface area (Å²) < 4.78 is 34.9. The molecule has 0 aliphatic carbocycles. The topological polar surface area (TPSA) is 52.6 Å². The van der Waals surface area contributed by atoms with Crippen LogP contribution in [0.2, 0.25) is 0 Å². The highest BCUT2D eigenvalue weighted by Gasteiger charge is 2.20. The second-order valence-corrected chi connectivity index (χ2v) is 5.97. The van der Waals surface area contributed by atoms with Crippen LogP contribution in [0.1, 0.15) is 11.1 Å². The van der Waals surface area contributed by atoms with Crippen molar-refractivity contribution >= 4 is 10.1 Å². The van der Waals surface area contributed by atoms with Crippen LogP contribution in [-0.2, 0) is 10.1 Å². The van der Waals surface area contributed by atoms with Crippen molar-refractivity contribution in [3.05, 3.63) is 53.6 Å². The lowest BCUT2D eigenvalue weighted by Crippen LogP contribution is -2.12. The van der Waals surface area contributed by atoms with E-state index in [-0.39, 0.29) is 10.6 Å². The van der Waals surface area contributed by atoms with E-state index >= 15 is 0 Å². The molecule has 2 aromatic carbocycles. The fraction of sp³-hybridized carbons (Fsp3) is 0.200. The summed E-state index contributed by atoms with van der Waals surface area (Å²) in [6.07, 6.45) is 0. The fourth-order valence-electron chi connectivity index (χ4n) is 1.93. The predicted octanol–water partition coefficient (Wildman–Crippen LogP) is 3.08. The Morgan fingerprint density at radius 1 is 0.950 bits per heavy atom. The lowest BCUT2D eigenvalue weighted by molar-refractivity contribution is 0.390. The predicted molar refractivity (Wildman–Crippen MR) is 76.7 cm³/mol. The van der Waals surface area contributed by atoms with Crippen molar-refractivity contribution in [2.24, 2.45) is 0 Å². The molecule has 0 fully saturated rings. The molecule has 0 aromatic heterocycles. The summed E-state index contributed by atoms with van der Waals surface area (Å²) in [6.45, 7) is 3.65. The molecule has 0 saturated heterocycles. The largest absolute Gasteiger partial charge is 0.493 e. The van der Waals surface area contributed by atoms with Gasteiger partial charge in [-0.1, -0.05) is 29.8 Å². The van der Waals surface area contributed by atoms with Crippen molar-refractivity contribution in [3.63, 3.8) is 0 Å². The molecule has 5 heteroatoms. The van der Waals surface area contributed by atoms with Crippen LogP contribution in [0, 0.1) is 13.8 Å². The number of rotatable bonds is 4. The van der Waals surface area contributed by atoms with E-state index in [0.717, 1.165) is 5.56 Å². The van der Waals surface area contributed by atoms with Crippen molar-refractivity contribution in [3.8, 4) is 11.5 Å². The smallest absolute Gasteiger partial charge is 0.339 e. The van der Waals surface area contributed by atoms with Crippen molar-refractivity contribution in [1.82, 2.24) is 0 Å². The Bertz CT molecular complexity index is 720. The Morgan fingerprint density at radius 2 is 1.60 bits per heavy atom. The first-order valence-corrected chi connectivity index (χ1v) is 7.49. The molecule has 0 atom stereocenters. The number of hydrogen-bond donors (Lipinski definition) is 0. The lowest BCUT2D eigenvalue weighted by Gasteiger charge is -2.12. The molecule has 0 unspecified atom stereocenters. The van der Waals surface area contributed by atoms with Crippen LogP contribution in [0.4, 0.5) is 0 Å². The van der Waals surface area contributed by atoms with E-state index in [9.17, 15) is 8.42 Å². The van der Waals surface area contributed by atoms with Crippen LogP contribution >= 0.6 is 0 Å². The summed E-state index contributed by atoms with van der Waals surface area (Å²) in [7, 11) is -2.41. The SMILES string of the molecule is COc1ccccc1OS(=O)(=O)c1ccc(C)cc1C. The second-order valence-electron chi connectivity index (χ2n) is 4.46. The molecule has 0 spiro atoms. The Morgan fingerprint density at radius 3 is 2.20 bits per heavy atom. The minimum atomic E-state index is -3.87. The summed E-state index contributed by atoms with van der Waals surface area (Å²) >= 11 is 0. The third-order valence-electron chi connectivity index (χ3n) is 2.87. The van der Waals surface area contributed by atoms with Gasteiger partial charge in [-0.15, -0.1) is 0 Å². The van der Waals surface area contributed by atoms with Gasteiger partial charge in [0.25, 0.3) is 0 Å². The van der Waals surface area contributed by atoms with E-state index in [0.29, 0.717) is 11.3 Å². The summed E-state index contributed by atoms with van der Waals surface area (Å²) in [5, 5.41) is 0. The molecule has 2 aromatic rings. The molecule has 20 heavy (non-hydrogen) atoms. The molecule has 0 aliphatic heterocycles. The number of para-hydroxylation sites is 2. The van der Waals surface area contributed by atoms with E-state index in [1.165, 1.54) is 7.11 Å². The zero-order valence-electron chi connectivity index (χ0n) is 11.6. The molecule has 0 saturated carbocycles. The molecular formula is C15H16O4S. The molecule has 0 bridgehead atoms. The minimum Gasteiger partial charge on any atom is -0.493 e. The van der Waals surface area contributed by atoms with E-state index in [1.54, 1.807) is 49.4 Å². The number of ether oxygens (including phenoxy) is 1. The molecule has 0 aliphatic rings. The third-order valence-corrected chi connectivity index (χ3v) is 4.26. The number of aryl methyl sites for hydroxylation is 2. The van der Waals surface area contributed by atoms with E-state index in [1.807, 2.05) is 6.92 Å². The van der Waals surface area contributed by atoms with Crippen LogP contribution in [0.15, 0.2) is 47.4 Å². The molecule has 4 nitrogen and oxygen atoms in total. The van der Waals surface area contributed by atoms with Gasteiger partial charge in [-0.3, -0.25) is 0 Å². The quantitative estimate of drug-likeness (QED) is 0.813. The monoisotopic (exact) mass is 292 g/mol. The van der Waals surface area contributed by atoms with Crippen LogP contribution < -0.4 is 8.92 Å². The maximum atomic E-state index is 12.3. The van der Waals surface area contributed by atoms with E-state index in [4.69, 9.17) is 8.92 Å². The number of benzene rings is 2. The molecular weight excluding hydrogens is 276 g/mol. The van der Waals surface area contributed by atoms with Gasteiger partial charge >= 0.3 is 10.1 Å². The molecule has 0 amide bonds. The maximum Gasteiger partial charge on any atom is 0.339 e. The molecule has 0 heterocycles. The highest BCUT2D eigenvalue weighted by Crippen LogP contribution is 2.29. The van der Waals surface area contributed by atoms with Gasteiger partial charge in [0.15, 0.2) is 11.5 Å². The number of methoxy groups -OCH3 is 1. The van der Waals surface area contributed by atoms with Gasteiger partial charge < -0.3 is 8.92 Å². The van der Waals surface area contributed by atoms with Crippen LogP contribution in [-0.4, -0.2) is 15.5 Å². The van der Waals surface area contributed by atoms with E-state index < -0.39 is 10.1 Å². The highest BCUT2D eigenvalue weighted by molar-refractivity contribution is 7.87. The van der Waals surface area contributed by atoms with Crippen molar-refractivity contribution in [2.45, 2.75) is 18.7 Å². The van der Waals surface area contributed by atoms with Gasteiger partial charge in [0.1, 0.15) is 4.90 Å². The van der Waals surface area contributed by atoms with Crippen molar-refractivity contribution < 1.29 is 17.3 Å². The highest BCUT2D eigenvalue weighted by atomic mass is 32.2. The zero-order chi connectivity index (χ0) is 14.8. The minimum absolute atomic E-state index is 0.161. The van der Waals surface area contributed by atoms with Crippen LogP contribution in [0.3, 0.4) is 0 Å². The molecule has 2 rings (SSSR count). The van der Waals surface area contributed by atoms with Crippen molar-refractivity contribution in [2.75, 3.05) is 7.11 Å². The Kier molecular flexibility index (Phi) is 3.99. The molecule has 0 N–H and O–H groups in total. The zero-order valence-corrected chi connectivity index (χ0v) is 12.4. The first-order valence-electron chi connectivity index (χ1n) is 6.09. The molecule has 106 valence electrons. The Balaban J connectivity index is 2.41. The standard InChI is InChI=1S/C15H16O4S/c1-11-8-9-15(12(2)10-11)20(16,17)19-14-7-5-4-6-13(14)18-3/h4-10H,1-3H3. The van der Waals surface area contributed by atoms with Gasteiger partial charge in [-0.2, -0.15) is 8.42 Å². The normalized spacial score (nSPS) is 11.2. The summed E-state index contributed by atoms with van der Waals surface area (Å²) in [6, 6.07) is 11.7. The molecule has 0 radical (unpaired) electrons. The first-order chi connectivity index (χ1) is 9.44. The average molecular weight is 292 g/mol. The number of hydrogen-bond acceptors (Lipinski definition) is 4. The second kappa shape index (κ2) is 5.54. The van der Waals surface area contributed by atoms with Crippen molar-refractivity contribution in [1.29, 1.82) is 0 Å². The Hall–Kier alpha value is -2.01. The maximum absolute atomic E-state index is 12.3. The van der Waals surface area contributed by atoms with Gasteiger partial charge in [0.05, 0.1) is 7.11 Å². The van der Waals surface area contributed by atoms with Gasteiger partial charge in [0.2, 0.25) is 0 Å². The van der Waals surface area contributed by atoms with Crippen LogP contribution in [0.25, 0.3) is 0 Å². The summed E-state index contributed by atoms with van der Waals surface area (Å²) in [5.74, 6) is 0.552. The van der Waals surface area contributed by atoms with Gasteiger partial charge in [-0.25, -0.2) is 0 Å². The Labute approximate surface area is 119 Å². The van der Waals surface area contributed by atoms with Gasteiger partial charge in [-0.05, 0) is 37.6 Å². The summed E-state index contributed by atoms with van der Waals surface area (Å²) in [5.41, 5.74) is 1.65. The van der Waals surface area contributed by atoms with Gasteiger partial charge in [0, 0.05) is 0 Å². The first kappa shape index (κ1) is 14.4. The summed E-state index contributed by atoms with van der Waals surface area (Å²) in [4.78, 5) is 0.161. The fourth-order valence-corrected chi connectivity index (χ4v) is 3.08.